The quantitative estimate of drug-likeness (QED) is 0.252. The Balaban J connectivity index is 0.00000242. The van der Waals surface area contributed by atoms with Crippen molar-refractivity contribution < 1.29 is 54.0 Å². The number of carbonyl (C=O) groups is 3. The Morgan fingerprint density at radius 3 is 2.27 bits per heavy atom. The van der Waals surface area contributed by atoms with Crippen molar-refractivity contribution in [2.75, 3.05) is 0 Å². The van der Waals surface area contributed by atoms with Crippen LogP contribution in [-0.2, 0) is 4.79 Å². The molecule has 0 saturated carbocycles. The van der Waals surface area contributed by atoms with Crippen LogP contribution in [0.2, 0.25) is 0 Å². The van der Waals surface area contributed by atoms with E-state index in [2.05, 4.69) is 0 Å². The van der Waals surface area contributed by atoms with Gasteiger partial charge in [0.1, 0.15) is 5.56 Å². The van der Waals surface area contributed by atoms with Gasteiger partial charge in [-0.3, -0.25) is 24.6 Å². The van der Waals surface area contributed by atoms with Crippen LogP contribution in [0.5, 0.6) is 0 Å². The van der Waals surface area contributed by atoms with Gasteiger partial charge in [0, 0.05) is 6.07 Å². The average Bonchev–Trinajstić information content (AvgIpc) is 2.63. The van der Waals surface area contributed by atoms with Crippen LogP contribution in [0.15, 0.2) is 18.2 Å². The summed E-state index contributed by atoms with van der Waals surface area (Å²) in [4.78, 5) is 46.4. The van der Waals surface area contributed by atoms with Crippen LogP contribution in [0, 0.1) is 16.0 Å². The fourth-order valence-corrected chi connectivity index (χ4v) is 2.37. The number of amides is 2. The number of imide groups is 1. The zero-order valence-electron chi connectivity index (χ0n) is 12.2. The Labute approximate surface area is 147 Å². The minimum atomic E-state index is -1.58. The summed E-state index contributed by atoms with van der Waals surface area (Å²) in [6.45, 7) is 3.02. The Morgan fingerprint density at radius 2 is 1.82 bits per heavy atom. The zero-order valence-corrected chi connectivity index (χ0v) is 14.2. The predicted octanol–water partition coefficient (Wildman–Crippen LogP) is -3.03. The van der Waals surface area contributed by atoms with E-state index in [9.17, 15) is 29.6 Å². The number of carboxylic acids is 1. The van der Waals surface area contributed by atoms with E-state index >= 15 is 0 Å². The van der Waals surface area contributed by atoms with Crippen molar-refractivity contribution in [3.8, 4) is 0 Å². The van der Waals surface area contributed by atoms with E-state index < -0.39 is 40.4 Å². The standard InChI is InChI=1S/C13H12N2O6.Na/c1-6(2)10(13(18)19)14-11(16)7-4-3-5-8(15(20)21)9(7)12(14)17;/h3-6,10H,1-2H3,(H,18,19);/q;+1/p-1. The molecule has 0 radical (unpaired) electrons. The van der Waals surface area contributed by atoms with Gasteiger partial charge in [-0.1, -0.05) is 19.9 Å². The van der Waals surface area contributed by atoms with Gasteiger partial charge in [-0.25, -0.2) is 0 Å². The molecule has 8 nitrogen and oxygen atoms in total. The number of nitro benzene ring substituents is 1. The van der Waals surface area contributed by atoms with E-state index in [0.29, 0.717) is 4.90 Å². The molecule has 1 unspecified atom stereocenters. The normalized spacial score (nSPS) is 14.6. The maximum Gasteiger partial charge on any atom is 1.00 e. The Morgan fingerprint density at radius 1 is 1.23 bits per heavy atom. The van der Waals surface area contributed by atoms with Crippen molar-refractivity contribution in [2.24, 2.45) is 5.92 Å². The molecule has 9 heteroatoms. The number of nitrogens with zero attached hydrogens (tertiary/aromatic N) is 2. The monoisotopic (exact) mass is 314 g/mol. The fourth-order valence-electron chi connectivity index (χ4n) is 2.37. The van der Waals surface area contributed by atoms with E-state index in [0.717, 1.165) is 6.07 Å². The average molecular weight is 314 g/mol. The molecular formula is C13H11N2NaO6. The van der Waals surface area contributed by atoms with Crippen LogP contribution >= 0.6 is 0 Å². The molecule has 0 N–H and O–H groups in total. The minimum absolute atomic E-state index is 0. The fraction of sp³-hybridized carbons (Fsp3) is 0.308. The number of hydrogen-bond donors (Lipinski definition) is 0. The molecule has 1 aliphatic rings. The van der Waals surface area contributed by atoms with Crippen molar-refractivity contribution in [3.05, 3.63) is 39.4 Å². The number of aliphatic carboxylic acids is 1. The first-order valence-electron chi connectivity index (χ1n) is 6.13. The molecule has 2 rings (SSSR count). The van der Waals surface area contributed by atoms with Crippen molar-refractivity contribution in [3.63, 3.8) is 0 Å². The molecule has 110 valence electrons. The maximum absolute atomic E-state index is 12.3. The second kappa shape index (κ2) is 6.55. The molecular weight excluding hydrogens is 303 g/mol. The third-order valence-electron chi connectivity index (χ3n) is 3.27. The molecule has 1 heterocycles. The van der Waals surface area contributed by atoms with Gasteiger partial charge in [0.05, 0.1) is 22.5 Å². The maximum atomic E-state index is 12.3. The smallest absolute Gasteiger partial charge is 0.548 e. The van der Waals surface area contributed by atoms with E-state index in [-0.39, 0.29) is 40.7 Å². The number of rotatable bonds is 4. The van der Waals surface area contributed by atoms with Crippen molar-refractivity contribution in [1.29, 1.82) is 0 Å². The van der Waals surface area contributed by atoms with Gasteiger partial charge in [-0.15, -0.1) is 0 Å². The first-order chi connectivity index (χ1) is 9.77. The van der Waals surface area contributed by atoms with Gasteiger partial charge in [0.2, 0.25) is 0 Å². The summed E-state index contributed by atoms with van der Waals surface area (Å²) in [6.07, 6.45) is 0. The van der Waals surface area contributed by atoms with Gasteiger partial charge < -0.3 is 9.90 Å². The SMILES string of the molecule is CC(C)C(C(=O)[O-])N1C(=O)c2cccc([N+](=O)[O-])c2C1=O.[Na+]. The third kappa shape index (κ3) is 2.77. The molecule has 0 aromatic heterocycles. The second-order valence-electron chi connectivity index (χ2n) is 4.95. The summed E-state index contributed by atoms with van der Waals surface area (Å²) in [5.41, 5.74) is -1.06. The third-order valence-corrected chi connectivity index (χ3v) is 3.27. The van der Waals surface area contributed by atoms with Gasteiger partial charge in [-0.05, 0) is 12.0 Å². The van der Waals surface area contributed by atoms with Crippen molar-refractivity contribution >= 4 is 23.5 Å². The van der Waals surface area contributed by atoms with E-state index in [1.54, 1.807) is 0 Å². The summed E-state index contributed by atoms with van der Waals surface area (Å²) in [6, 6.07) is 2.15. The molecule has 1 aromatic carbocycles. The van der Waals surface area contributed by atoms with Gasteiger partial charge in [0.25, 0.3) is 17.5 Å². The van der Waals surface area contributed by atoms with Gasteiger partial charge in [-0.2, -0.15) is 0 Å². The van der Waals surface area contributed by atoms with Crippen LogP contribution in [0.1, 0.15) is 34.6 Å². The molecule has 2 amide bonds. The number of hydrogen-bond acceptors (Lipinski definition) is 6. The van der Waals surface area contributed by atoms with Crippen LogP contribution in [0.25, 0.3) is 0 Å². The number of fused-ring (bicyclic) bond motifs is 1. The molecule has 1 aromatic rings. The van der Waals surface area contributed by atoms with E-state index in [1.807, 2.05) is 0 Å². The summed E-state index contributed by atoms with van der Waals surface area (Å²) in [5, 5.41) is 22.1. The van der Waals surface area contributed by atoms with Crippen LogP contribution in [0.4, 0.5) is 5.69 Å². The van der Waals surface area contributed by atoms with Gasteiger partial charge in [0.15, 0.2) is 0 Å². The van der Waals surface area contributed by atoms with E-state index in [1.165, 1.54) is 26.0 Å². The summed E-state index contributed by atoms with van der Waals surface area (Å²) in [5.74, 6) is -4.01. The number of benzene rings is 1. The molecule has 0 saturated heterocycles. The number of carboxylic acid groups (broad SMARTS) is 1. The Bertz CT molecular complexity index is 672. The number of carbonyl (C=O) groups excluding carboxylic acids is 3. The topological polar surface area (TPSA) is 121 Å². The van der Waals surface area contributed by atoms with E-state index in [4.69, 9.17) is 0 Å². The molecule has 1 atom stereocenters. The Hall–Kier alpha value is -1.77. The first-order valence-corrected chi connectivity index (χ1v) is 6.13. The molecule has 22 heavy (non-hydrogen) atoms. The molecule has 0 bridgehead atoms. The van der Waals surface area contributed by atoms with Crippen LogP contribution in [0.3, 0.4) is 0 Å². The Kier molecular flexibility index (Phi) is 5.44. The van der Waals surface area contributed by atoms with Crippen LogP contribution < -0.4 is 34.7 Å². The number of nitro groups is 1. The van der Waals surface area contributed by atoms with Crippen molar-refractivity contribution in [1.82, 2.24) is 4.90 Å². The van der Waals surface area contributed by atoms with Gasteiger partial charge >= 0.3 is 29.6 Å². The predicted molar refractivity (Wildman–Crippen MR) is 67.2 cm³/mol. The zero-order chi connectivity index (χ0) is 15.9. The first kappa shape index (κ1) is 18.3. The molecule has 0 fully saturated rings. The molecule has 0 aliphatic carbocycles. The summed E-state index contributed by atoms with van der Waals surface area (Å²) >= 11 is 0. The summed E-state index contributed by atoms with van der Waals surface area (Å²) in [7, 11) is 0. The van der Waals surface area contributed by atoms with Crippen molar-refractivity contribution in [2.45, 2.75) is 19.9 Å². The second-order valence-corrected chi connectivity index (χ2v) is 4.95. The molecule has 1 aliphatic heterocycles. The largest absolute Gasteiger partial charge is 1.00 e. The van der Waals surface area contributed by atoms with Crippen LogP contribution in [-0.4, -0.2) is 33.6 Å². The minimum Gasteiger partial charge on any atom is -0.548 e. The molecule has 0 spiro atoms. The summed E-state index contributed by atoms with van der Waals surface area (Å²) < 4.78 is 0.